The molecule has 2 aromatic carbocycles. The predicted octanol–water partition coefficient (Wildman–Crippen LogP) is 0.901. The number of carboxylic acids is 1. The molecule has 0 saturated carbocycles. The summed E-state index contributed by atoms with van der Waals surface area (Å²) in [5.41, 5.74) is 0.883. The van der Waals surface area contributed by atoms with Crippen LogP contribution in [0.1, 0.15) is 12.0 Å². The molecule has 3 rings (SSSR count). The van der Waals surface area contributed by atoms with Gasteiger partial charge in [0.15, 0.2) is 5.17 Å². The van der Waals surface area contributed by atoms with Crippen molar-refractivity contribution in [1.29, 1.82) is 0 Å². The van der Waals surface area contributed by atoms with Crippen LogP contribution in [-0.4, -0.2) is 28.5 Å². The fraction of sp³-hybridized carbons (Fsp3) is 0.125. The van der Waals surface area contributed by atoms with Crippen LogP contribution >= 0.6 is 11.8 Å². The second kappa shape index (κ2) is 6.62. The Balaban J connectivity index is 1.70. The van der Waals surface area contributed by atoms with Crippen LogP contribution in [0.4, 0.5) is 0 Å². The number of amidine groups is 1. The summed E-state index contributed by atoms with van der Waals surface area (Å²) in [4.78, 5) is 22.1. The Morgan fingerprint density at radius 3 is 2.83 bits per heavy atom. The first-order valence-electron chi connectivity index (χ1n) is 6.89. The average Bonchev–Trinajstić information content (AvgIpc) is 2.86. The molecule has 1 fully saturated rings. The van der Waals surface area contributed by atoms with Gasteiger partial charge in [-0.05, 0) is 22.4 Å². The van der Waals surface area contributed by atoms with Crippen molar-refractivity contribution >= 4 is 45.8 Å². The lowest BCUT2D eigenvalue weighted by Gasteiger charge is -2.04. The molecule has 1 unspecified atom stereocenters. The van der Waals surface area contributed by atoms with Gasteiger partial charge in [-0.25, -0.2) is 0 Å². The highest BCUT2D eigenvalue weighted by molar-refractivity contribution is 8.15. The SMILES string of the molecule is O=C([O-])CC1S/C(=N/N=C/c2ccc3ccccc3c2)NC1=O. The molecule has 7 heteroatoms. The van der Waals surface area contributed by atoms with E-state index < -0.39 is 11.2 Å². The molecule has 1 aliphatic heterocycles. The van der Waals surface area contributed by atoms with Crippen LogP contribution in [-0.2, 0) is 9.59 Å². The summed E-state index contributed by atoms with van der Waals surface area (Å²) in [6.45, 7) is 0. The second-order valence-corrected chi connectivity index (χ2v) is 6.12. The van der Waals surface area contributed by atoms with Crippen LogP contribution < -0.4 is 10.4 Å². The van der Waals surface area contributed by atoms with Gasteiger partial charge in [0.2, 0.25) is 5.91 Å². The highest BCUT2D eigenvalue weighted by atomic mass is 32.2. The third-order valence-corrected chi connectivity index (χ3v) is 4.33. The normalized spacial score (nSPS) is 19.6. The summed E-state index contributed by atoms with van der Waals surface area (Å²) in [5.74, 6) is -1.66. The Labute approximate surface area is 136 Å². The van der Waals surface area contributed by atoms with Crippen LogP contribution in [0.25, 0.3) is 10.8 Å². The van der Waals surface area contributed by atoms with E-state index in [1.807, 2.05) is 42.5 Å². The second-order valence-electron chi connectivity index (χ2n) is 4.93. The first-order valence-corrected chi connectivity index (χ1v) is 7.77. The Morgan fingerprint density at radius 1 is 1.26 bits per heavy atom. The van der Waals surface area contributed by atoms with Gasteiger partial charge in [-0.1, -0.05) is 48.2 Å². The van der Waals surface area contributed by atoms with E-state index in [0.29, 0.717) is 5.17 Å². The molecule has 0 radical (unpaired) electrons. The van der Waals surface area contributed by atoms with E-state index in [-0.39, 0.29) is 12.3 Å². The van der Waals surface area contributed by atoms with E-state index in [2.05, 4.69) is 15.5 Å². The highest BCUT2D eigenvalue weighted by Gasteiger charge is 2.30. The largest absolute Gasteiger partial charge is 0.550 e. The molecule has 0 bridgehead atoms. The third kappa shape index (κ3) is 3.75. The molecule has 0 aromatic heterocycles. The summed E-state index contributed by atoms with van der Waals surface area (Å²) in [5, 5.41) is 22.7. The zero-order chi connectivity index (χ0) is 16.2. The van der Waals surface area contributed by atoms with Crippen LogP contribution in [0.15, 0.2) is 52.7 Å². The summed E-state index contributed by atoms with van der Waals surface area (Å²) in [6.07, 6.45) is 1.24. The lowest BCUT2D eigenvalue weighted by atomic mass is 10.1. The number of carbonyl (C=O) groups excluding carboxylic acids is 2. The van der Waals surface area contributed by atoms with Gasteiger partial charge in [0.25, 0.3) is 0 Å². The third-order valence-electron chi connectivity index (χ3n) is 3.26. The topological polar surface area (TPSA) is 93.9 Å². The van der Waals surface area contributed by atoms with E-state index in [1.165, 1.54) is 0 Å². The maximum absolute atomic E-state index is 11.5. The van der Waals surface area contributed by atoms with Gasteiger partial charge in [0.1, 0.15) is 0 Å². The minimum Gasteiger partial charge on any atom is -0.550 e. The summed E-state index contributed by atoms with van der Waals surface area (Å²) in [7, 11) is 0. The number of carbonyl (C=O) groups is 2. The van der Waals surface area contributed by atoms with Gasteiger partial charge < -0.3 is 15.2 Å². The minimum absolute atomic E-state index is 0.290. The van der Waals surface area contributed by atoms with Gasteiger partial charge >= 0.3 is 0 Å². The quantitative estimate of drug-likeness (QED) is 0.667. The van der Waals surface area contributed by atoms with Crippen molar-refractivity contribution in [1.82, 2.24) is 5.32 Å². The van der Waals surface area contributed by atoms with Gasteiger partial charge in [-0.15, -0.1) is 5.10 Å². The van der Waals surface area contributed by atoms with E-state index in [0.717, 1.165) is 28.1 Å². The Hall–Kier alpha value is -2.67. The molecule has 1 heterocycles. The highest BCUT2D eigenvalue weighted by Crippen LogP contribution is 2.22. The predicted molar refractivity (Wildman–Crippen MR) is 88.1 cm³/mol. The van der Waals surface area contributed by atoms with Crippen LogP contribution in [0.2, 0.25) is 0 Å². The maximum Gasteiger partial charge on any atom is 0.239 e. The van der Waals surface area contributed by atoms with E-state index in [4.69, 9.17) is 0 Å². The van der Waals surface area contributed by atoms with E-state index in [1.54, 1.807) is 6.21 Å². The molecule has 0 spiro atoms. The number of nitrogens with zero attached hydrogens (tertiary/aromatic N) is 2. The van der Waals surface area contributed by atoms with Crippen molar-refractivity contribution in [3.8, 4) is 0 Å². The average molecular weight is 326 g/mol. The number of hydrogen-bond acceptors (Lipinski definition) is 6. The lowest BCUT2D eigenvalue weighted by Crippen LogP contribution is -2.31. The smallest absolute Gasteiger partial charge is 0.239 e. The number of thioether (sulfide) groups is 1. The van der Waals surface area contributed by atoms with Crippen molar-refractivity contribution < 1.29 is 14.7 Å². The van der Waals surface area contributed by atoms with Crippen molar-refractivity contribution in [2.75, 3.05) is 0 Å². The number of fused-ring (bicyclic) bond motifs is 1. The zero-order valence-electron chi connectivity index (χ0n) is 11.9. The van der Waals surface area contributed by atoms with Gasteiger partial charge in [0.05, 0.1) is 11.5 Å². The molecule has 1 atom stereocenters. The Kier molecular flexibility index (Phi) is 4.38. The van der Waals surface area contributed by atoms with Gasteiger partial charge in [-0.3, -0.25) is 4.79 Å². The number of nitrogens with one attached hydrogen (secondary N) is 1. The minimum atomic E-state index is -1.27. The monoisotopic (exact) mass is 326 g/mol. The standard InChI is InChI=1S/C16H13N3O3S/c20-14(21)8-13-15(22)18-16(23-13)19-17-9-10-5-6-11-3-1-2-4-12(11)7-10/h1-7,9,13H,8H2,(H,20,21)(H,18,19,22)/p-1/b17-9+. The molecule has 1 amide bonds. The first kappa shape index (κ1) is 15.2. The molecular weight excluding hydrogens is 314 g/mol. The molecule has 1 N–H and O–H groups in total. The van der Waals surface area contributed by atoms with Crippen molar-refractivity contribution in [3.05, 3.63) is 48.0 Å². The number of aliphatic carboxylic acids is 1. The molecule has 0 aliphatic carbocycles. The molecule has 1 aliphatic rings. The van der Waals surface area contributed by atoms with Crippen molar-refractivity contribution in [2.45, 2.75) is 11.7 Å². The molecule has 116 valence electrons. The van der Waals surface area contributed by atoms with Crippen LogP contribution in [0, 0.1) is 0 Å². The van der Waals surface area contributed by atoms with Crippen LogP contribution in [0.3, 0.4) is 0 Å². The fourth-order valence-corrected chi connectivity index (χ4v) is 3.08. The lowest BCUT2D eigenvalue weighted by molar-refractivity contribution is -0.305. The maximum atomic E-state index is 11.5. The van der Waals surface area contributed by atoms with Crippen LogP contribution in [0.5, 0.6) is 0 Å². The molecular formula is C16H12N3O3S-. The number of carboxylic acid groups (broad SMARTS) is 1. The Morgan fingerprint density at radius 2 is 2.04 bits per heavy atom. The number of rotatable bonds is 4. The summed E-state index contributed by atoms with van der Waals surface area (Å²) < 4.78 is 0. The van der Waals surface area contributed by atoms with E-state index in [9.17, 15) is 14.7 Å². The first-order chi connectivity index (χ1) is 11.1. The molecule has 1 saturated heterocycles. The molecule has 23 heavy (non-hydrogen) atoms. The number of hydrogen-bond donors (Lipinski definition) is 1. The number of benzene rings is 2. The summed E-state index contributed by atoms with van der Waals surface area (Å²) >= 11 is 1.04. The van der Waals surface area contributed by atoms with E-state index >= 15 is 0 Å². The Bertz CT molecular complexity index is 832. The van der Waals surface area contributed by atoms with Crippen molar-refractivity contribution in [2.24, 2.45) is 10.2 Å². The fourth-order valence-electron chi connectivity index (χ4n) is 2.17. The molecule has 2 aromatic rings. The number of amides is 1. The zero-order valence-corrected chi connectivity index (χ0v) is 12.7. The van der Waals surface area contributed by atoms with Crippen molar-refractivity contribution in [3.63, 3.8) is 0 Å². The summed E-state index contributed by atoms with van der Waals surface area (Å²) in [6, 6.07) is 13.9. The van der Waals surface area contributed by atoms with Gasteiger partial charge in [-0.2, -0.15) is 5.10 Å². The molecule has 6 nitrogen and oxygen atoms in total. The van der Waals surface area contributed by atoms with Gasteiger partial charge in [0, 0.05) is 12.4 Å².